The van der Waals surface area contributed by atoms with E-state index in [1.807, 2.05) is 0 Å². The lowest BCUT2D eigenvalue weighted by molar-refractivity contribution is -0.130. The molecule has 0 atom stereocenters. The van der Waals surface area contributed by atoms with Crippen LogP contribution in [0.25, 0.3) is 11.0 Å². The third-order valence-corrected chi connectivity index (χ3v) is 2.60. The number of carbonyl (C=O) groups is 2. The summed E-state index contributed by atoms with van der Waals surface area (Å²) in [6.07, 6.45) is -0.982. The highest BCUT2D eigenvalue weighted by molar-refractivity contribution is 5.90. The number of methoxy groups -OCH3 is 1. The lowest BCUT2D eigenvalue weighted by atomic mass is 10.2. The third kappa shape index (κ3) is 3.32. The van der Waals surface area contributed by atoms with Gasteiger partial charge in [-0.25, -0.2) is 14.4 Å². The fourth-order valence-corrected chi connectivity index (χ4v) is 1.55. The number of hydrogen-bond acceptors (Lipinski definition) is 7. The van der Waals surface area contributed by atoms with Crippen LogP contribution in [0.4, 0.5) is 4.79 Å². The smallest absolute Gasteiger partial charge is 0.437 e. The third-order valence-electron chi connectivity index (χ3n) is 2.60. The van der Waals surface area contributed by atoms with Crippen molar-refractivity contribution < 1.29 is 28.2 Å². The second-order valence-electron chi connectivity index (χ2n) is 4.32. The molecule has 0 aliphatic carbocycles. The summed E-state index contributed by atoms with van der Waals surface area (Å²) in [5, 5.41) is 0.480. The number of fused-ring (bicyclic) bond motifs is 1. The number of hydrogen-bond donors (Lipinski definition) is 0. The minimum Gasteiger partial charge on any atom is -0.437 e. The van der Waals surface area contributed by atoms with E-state index in [-0.39, 0.29) is 22.7 Å². The topological polar surface area (TPSA) is 92.0 Å². The molecule has 2 aromatic rings. The lowest BCUT2D eigenvalue weighted by Gasteiger charge is -2.10. The first-order valence-electron chi connectivity index (χ1n) is 6.12. The van der Waals surface area contributed by atoms with Gasteiger partial charge in [-0.05, 0) is 19.1 Å². The Morgan fingerprint density at radius 3 is 2.45 bits per heavy atom. The van der Waals surface area contributed by atoms with Crippen LogP contribution in [0, 0.1) is 0 Å². The quantitative estimate of drug-likeness (QED) is 0.283. The maximum absolute atomic E-state index is 11.6. The molecule has 0 N–H and O–H groups in total. The summed E-state index contributed by atoms with van der Waals surface area (Å²) in [5.74, 6) is -0.865. The predicted octanol–water partition coefficient (Wildman–Crippen LogP) is 2.42. The molecule has 0 saturated carbocycles. The molecule has 0 fully saturated rings. The molecule has 114 valence electrons. The van der Waals surface area contributed by atoms with Crippen molar-refractivity contribution in [3.05, 3.63) is 46.8 Å². The Labute approximate surface area is 124 Å². The minimum atomic E-state index is -0.982. The highest BCUT2D eigenvalue weighted by atomic mass is 16.7. The molecule has 0 radical (unpaired) electrons. The molecule has 1 aromatic heterocycles. The fraction of sp³-hybridized carbons (Fsp3) is 0.133. The van der Waals surface area contributed by atoms with E-state index in [9.17, 15) is 14.4 Å². The Morgan fingerprint density at radius 1 is 1.14 bits per heavy atom. The summed E-state index contributed by atoms with van der Waals surface area (Å²) in [6, 6.07) is 5.35. The summed E-state index contributed by atoms with van der Waals surface area (Å²) in [5.41, 5.74) is -0.237. The van der Waals surface area contributed by atoms with Crippen LogP contribution in [0.3, 0.4) is 0 Å². The Hall–Kier alpha value is -3.09. The van der Waals surface area contributed by atoms with Crippen LogP contribution in [0.15, 0.2) is 45.6 Å². The van der Waals surface area contributed by atoms with E-state index >= 15 is 0 Å². The fourth-order valence-electron chi connectivity index (χ4n) is 1.55. The molecule has 0 saturated heterocycles. The average molecular weight is 304 g/mol. The number of ether oxygens (including phenoxy) is 3. The molecule has 1 heterocycles. The van der Waals surface area contributed by atoms with Crippen molar-refractivity contribution in [2.75, 3.05) is 7.11 Å². The highest BCUT2D eigenvalue weighted by Gasteiger charge is 2.17. The van der Waals surface area contributed by atoms with Gasteiger partial charge in [-0.2, -0.15) is 0 Å². The van der Waals surface area contributed by atoms with Gasteiger partial charge in [0.1, 0.15) is 5.58 Å². The zero-order valence-corrected chi connectivity index (χ0v) is 11.9. The van der Waals surface area contributed by atoms with Gasteiger partial charge in [0, 0.05) is 23.1 Å². The molecule has 0 amide bonds. The molecule has 7 heteroatoms. The van der Waals surface area contributed by atoms with Gasteiger partial charge < -0.3 is 18.6 Å². The van der Waals surface area contributed by atoms with Crippen LogP contribution in [0.1, 0.15) is 6.92 Å². The maximum Gasteiger partial charge on any atom is 0.513 e. The van der Waals surface area contributed by atoms with Crippen LogP contribution in [-0.2, 0) is 9.53 Å². The molecule has 0 bridgehead atoms. The summed E-state index contributed by atoms with van der Waals surface area (Å²) >= 11 is 0. The van der Waals surface area contributed by atoms with Gasteiger partial charge in [-0.15, -0.1) is 0 Å². The maximum atomic E-state index is 11.6. The Kier molecular flexibility index (Phi) is 4.26. The van der Waals surface area contributed by atoms with Crippen LogP contribution in [0.5, 0.6) is 11.5 Å². The molecular weight excluding hydrogens is 292 g/mol. The van der Waals surface area contributed by atoms with E-state index in [1.165, 1.54) is 31.2 Å². The lowest BCUT2D eigenvalue weighted by Crippen LogP contribution is -2.12. The van der Waals surface area contributed by atoms with Gasteiger partial charge in [0.05, 0.1) is 7.11 Å². The summed E-state index contributed by atoms with van der Waals surface area (Å²) in [7, 11) is 1.14. The monoisotopic (exact) mass is 304 g/mol. The van der Waals surface area contributed by atoms with Crippen LogP contribution in [0.2, 0.25) is 0 Å². The largest absolute Gasteiger partial charge is 0.513 e. The highest BCUT2D eigenvalue weighted by Crippen LogP contribution is 2.33. The second kappa shape index (κ2) is 6.13. The van der Waals surface area contributed by atoms with Crippen LogP contribution in [-0.4, -0.2) is 19.2 Å². The van der Waals surface area contributed by atoms with Gasteiger partial charge in [0.25, 0.3) is 0 Å². The molecule has 1 aromatic carbocycles. The van der Waals surface area contributed by atoms with Crippen molar-refractivity contribution in [1.82, 2.24) is 0 Å². The molecule has 0 spiro atoms. The first-order valence-corrected chi connectivity index (χ1v) is 6.12. The SMILES string of the molecule is C=C(C)C(=O)Oc1cc2oc(=O)ccc2cc1OC(=O)OC. The molecule has 0 aliphatic heterocycles. The Balaban J connectivity index is 2.54. The number of benzene rings is 1. The Morgan fingerprint density at radius 2 is 1.82 bits per heavy atom. The predicted molar refractivity (Wildman–Crippen MR) is 76.0 cm³/mol. The molecule has 0 aliphatic rings. The van der Waals surface area contributed by atoms with E-state index in [0.717, 1.165) is 7.11 Å². The van der Waals surface area contributed by atoms with Crippen molar-refractivity contribution >= 4 is 23.1 Å². The zero-order valence-electron chi connectivity index (χ0n) is 11.9. The normalized spacial score (nSPS) is 10.1. The minimum absolute atomic E-state index is 0.0530. The average Bonchev–Trinajstić information content (AvgIpc) is 2.47. The van der Waals surface area contributed by atoms with E-state index in [1.54, 1.807) is 0 Å². The molecule has 22 heavy (non-hydrogen) atoms. The van der Waals surface area contributed by atoms with E-state index < -0.39 is 17.8 Å². The summed E-state index contributed by atoms with van der Waals surface area (Å²) in [4.78, 5) is 34.1. The van der Waals surface area contributed by atoms with Crippen molar-refractivity contribution in [1.29, 1.82) is 0 Å². The zero-order chi connectivity index (χ0) is 16.3. The second-order valence-corrected chi connectivity index (χ2v) is 4.32. The van der Waals surface area contributed by atoms with Gasteiger partial charge >= 0.3 is 17.8 Å². The van der Waals surface area contributed by atoms with Gasteiger partial charge in [0.2, 0.25) is 0 Å². The number of rotatable bonds is 3. The standard InChI is InChI=1S/C15H12O7/c1-8(2)14(17)21-12-7-10-9(4-5-13(16)20-10)6-11(12)22-15(18)19-3/h4-7H,1H2,2-3H3. The van der Waals surface area contributed by atoms with Gasteiger partial charge in [-0.3, -0.25) is 0 Å². The van der Waals surface area contributed by atoms with E-state index in [0.29, 0.717) is 5.39 Å². The van der Waals surface area contributed by atoms with E-state index in [2.05, 4.69) is 11.3 Å². The number of carbonyl (C=O) groups excluding carboxylic acids is 2. The molecule has 7 nitrogen and oxygen atoms in total. The van der Waals surface area contributed by atoms with Crippen LogP contribution >= 0.6 is 0 Å². The van der Waals surface area contributed by atoms with Crippen LogP contribution < -0.4 is 15.1 Å². The molecule has 0 unspecified atom stereocenters. The first-order chi connectivity index (χ1) is 10.4. The van der Waals surface area contributed by atoms with Gasteiger partial charge in [-0.1, -0.05) is 6.58 Å². The van der Waals surface area contributed by atoms with Crippen molar-refractivity contribution in [3.63, 3.8) is 0 Å². The molecular formula is C15H12O7. The van der Waals surface area contributed by atoms with Crippen molar-refractivity contribution in [2.24, 2.45) is 0 Å². The number of esters is 1. The molecule has 2 rings (SSSR count). The van der Waals surface area contributed by atoms with E-state index in [4.69, 9.17) is 13.9 Å². The van der Waals surface area contributed by atoms with Gasteiger partial charge in [0.15, 0.2) is 11.5 Å². The summed E-state index contributed by atoms with van der Waals surface area (Å²) in [6.45, 7) is 4.92. The Bertz CT molecular complexity index is 816. The summed E-state index contributed by atoms with van der Waals surface area (Å²) < 4.78 is 19.4. The van der Waals surface area contributed by atoms with Crippen molar-refractivity contribution in [2.45, 2.75) is 6.92 Å². The van der Waals surface area contributed by atoms with Crippen molar-refractivity contribution in [3.8, 4) is 11.5 Å². The first kappa shape index (κ1) is 15.3.